The Morgan fingerprint density at radius 2 is 2.31 bits per heavy atom. The highest BCUT2D eigenvalue weighted by Crippen LogP contribution is 2.24. The smallest absolute Gasteiger partial charge is 0.241 e. The third-order valence-electron chi connectivity index (χ3n) is 2.26. The van der Waals surface area contributed by atoms with Crippen LogP contribution in [0.5, 0.6) is 0 Å². The van der Waals surface area contributed by atoms with Gasteiger partial charge in [0.25, 0.3) is 0 Å². The van der Waals surface area contributed by atoms with E-state index < -0.39 is 0 Å². The molecule has 0 bridgehead atoms. The van der Waals surface area contributed by atoms with Gasteiger partial charge in [0.2, 0.25) is 5.91 Å². The van der Waals surface area contributed by atoms with Crippen molar-refractivity contribution in [3.63, 3.8) is 0 Å². The SMILES string of the molecule is Nc1ccc(C2=NNC(=O)C[C@H]2I)cc1Cl. The Morgan fingerprint density at radius 3 is 2.94 bits per heavy atom. The summed E-state index contributed by atoms with van der Waals surface area (Å²) >= 11 is 8.13. The average Bonchev–Trinajstić information content (AvgIpc) is 2.22. The van der Waals surface area contributed by atoms with Crippen molar-refractivity contribution in [1.82, 2.24) is 5.43 Å². The summed E-state index contributed by atoms with van der Waals surface area (Å²) in [7, 11) is 0. The number of amides is 1. The normalized spacial score (nSPS) is 20.2. The fourth-order valence-corrected chi connectivity index (χ4v) is 2.51. The quantitative estimate of drug-likeness (QED) is 0.462. The molecule has 0 radical (unpaired) electrons. The van der Waals surface area contributed by atoms with Crippen molar-refractivity contribution < 1.29 is 4.79 Å². The molecule has 1 aromatic carbocycles. The van der Waals surface area contributed by atoms with E-state index in [0.717, 1.165) is 11.3 Å². The van der Waals surface area contributed by atoms with Gasteiger partial charge in [0.15, 0.2) is 0 Å². The second kappa shape index (κ2) is 4.58. The van der Waals surface area contributed by atoms with Crippen molar-refractivity contribution in [1.29, 1.82) is 0 Å². The molecule has 6 heteroatoms. The number of hydrogen-bond acceptors (Lipinski definition) is 3. The third-order valence-corrected chi connectivity index (χ3v) is 3.62. The molecule has 0 saturated heterocycles. The molecule has 1 heterocycles. The molecule has 0 aliphatic carbocycles. The first kappa shape index (κ1) is 11.7. The van der Waals surface area contributed by atoms with E-state index in [0.29, 0.717) is 17.1 Å². The maximum absolute atomic E-state index is 11.1. The van der Waals surface area contributed by atoms with Crippen LogP contribution < -0.4 is 11.2 Å². The lowest BCUT2D eigenvalue weighted by Gasteiger charge is -2.18. The van der Waals surface area contributed by atoms with Crippen molar-refractivity contribution >= 4 is 51.5 Å². The van der Waals surface area contributed by atoms with Gasteiger partial charge < -0.3 is 5.73 Å². The van der Waals surface area contributed by atoms with Gasteiger partial charge in [0.1, 0.15) is 0 Å². The maximum Gasteiger partial charge on any atom is 0.241 e. The first-order valence-electron chi connectivity index (χ1n) is 4.64. The van der Waals surface area contributed by atoms with Gasteiger partial charge in [-0.1, -0.05) is 40.3 Å². The topological polar surface area (TPSA) is 67.5 Å². The Bertz CT molecular complexity index is 475. The van der Waals surface area contributed by atoms with Crippen LogP contribution in [0, 0.1) is 0 Å². The Kier molecular flexibility index (Phi) is 3.34. The monoisotopic (exact) mass is 349 g/mol. The molecule has 0 aromatic heterocycles. The van der Waals surface area contributed by atoms with E-state index in [2.05, 4.69) is 33.1 Å². The number of carbonyl (C=O) groups is 1. The highest BCUT2D eigenvalue weighted by atomic mass is 127. The largest absolute Gasteiger partial charge is 0.398 e. The number of carbonyl (C=O) groups excluding carboxylic acids is 1. The zero-order chi connectivity index (χ0) is 11.7. The summed E-state index contributed by atoms with van der Waals surface area (Å²) in [5.74, 6) is -0.0651. The fourth-order valence-electron chi connectivity index (χ4n) is 1.43. The summed E-state index contributed by atoms with van der Waals surface area (Å²) in [5, 5.41) is 4.54. The van der Waals surface area contributed by atoms with Crippen LogP contribution in [0.1, 0.15) is 12.0 Å². The lowest BCUT2D eigenvalue weighted by Crippen LogP contribution is -2.33. The Labute approximate surface area is 111 Å². The number of nitrogens with two attached hydrogens (primary N) is 1. The van der Waals surface area contributed by atoms with Crippen molar-refractivity contribution in [3.8, 4) is 0 Å². The summed E-state index contributed by atoms with van der Waals surface area (Å²) in [6, 6.07) is 5.35. The molecule has 1 aromatic rings. The lowest BCUT2D eigenvalue weighted by atomic mass is 10.0. The van der Waals surface area contributed by atoms with Crippen LogP contribution in [0.3, 0.4) is 0 Å². The van der Waals surface area contributed by atoms with Gasteiger partial charge in [-0.3, -0.25) is 4.79 Å². The van der Waals surface area contributed by atoms with Crippen LogP contribution >= 0.6 is 34.2 Å². The van der Waals surface area contributed by atoms with Gasteiger partial charge >= 0.3 is 0 Å². The summed E-state index contributed by atoms with van der Waals surface area (Å²) in [5.41, 5.74) is 10.3. The molecule has 0 spiro atoms. The minimum Gasteiger partial charge on any atom is -0.398 e. The van der Waals surface area contributed by atoms with Gasteiger partial charge in [0.05, 0.1) is 20.3 Å². The number of nitrogens with zero attached hydrogens (tertiary/aromatic N) is 1. The van der Waals surface area contributed by atoms with Gasteiger partial charge in [0, 0.05) is 12.0 Å². The number of halogens is 2. The van der Waals surface area contributed by atoms with Gasteiger partial charge in [-0.15, -0.1) is 0 Å². The summed E-state index contributed by atoms with van der Waals surface area (Å²) in [4.78, 5) is 11.1. The standard InChI is InChI=1S/C10H9ClIN3O/c11-6-3-5(1-2-8(6)13)10-7(12)4-9(16)14-15-10/h1-3,7H,4,13H2,(H,14,16)/t7-/m1/s1. The van der Waals surface area contributed by atoms with Crippen molar-refractivity contribution in [2.75, 3.05) is 5.73 Å². The number of alkyl halides is 1. The van der Waals surface area contributed by atoms with Crippen LogP contribution in [-0.4, -0.2) is 15.5 Å². The van der Waals surface area contributed by atoms with Crippen molar-refractivity contribution in [2.45, 2.75) is 10.3 Å². The molecule has 3 N–H and O–H groups in total. The molecule has 0 fully saturated rings. The van der Waals surface area contributed by atoms with Gasteiger partial charge in [-0.2, -0.15) is 5.10 Å². The number of nitrogens with one attached hydrogen (secondary N) is 1. The molecule has 4 nitrogen and oxygen atoms in total. The van der Waals surface area contributed by atoms with E-state index in [9.17, 15) is 4.79 Å². The van der Waals surface area contributed by atoms with Crippen molar-refractivity contribution in [2.24, 2.45) is 5.10 Å². The molecule has 1 aliphatic rings. The average molecular weight is 350 g/mol. The van der Waals surface area contributed by atoms with Crippen LogP contribution in [0.2, 0.25) is 5.02 Å². The van der Waals surface area contributed by atoms with E-state index in [4.69, 9.17) is 17.3 Å². The lowest BCUT2D eigenvalue weighted by molar-refractivity contribution is -0.121. The predicted octanol–water partition coefficient (Wildman–Crippen LogP) is 1.95. The number of anilines is 1. The predicted molar refractivity (Wildman–Crippen MR) is 73.0 cm³/mol. The summed E-state index contributed by atoms with van der Waals surface area (Å²) < 4.78 is 0.0611. The minimum atomic E-state index is -0.0651. The molecule has 1 amide bonds. The first-order valence-corrected chi connectivity index (χ1v) is 6.26. The Morgan fingerprint density at radius 1 is 1.56 bits per heavy atom. The molecular formula is C10H9ClIN3O. The Balaban J connectivity index is 2.37. The molecule has 16 heavy (non-hydrogen) atoms. The number of hydrogen-bond donors (Lipinski definition) is 2. The number of rotatable bonds is 1. The van der Waals surface area contributed by atoms with E-state index in [1.165, 1.54) is 0 Å². The molecule has 1 aliphatic heterocycles. The van der Waals surface area contributed by atoms with E-state index >= 15 is 0 Å². The van der Waals surface area contributed by atoms with E-state index in [1.807, 2.05) is 6.07 Å². The number of benzene rings is 1. The molecule has 2 rings (SSSR count). The maximum atomic E-state index is 11.1. The molecule has 0 unspecified atom stereocenters. The van der Waals surface area contributed by atoms with Crippen LogP contribution in [-0.2, 0) is 4.79 Å². The molecule has 0 saturated carbocycles. The van der Waals surface area contributed by atoms with Gasteiger partial charge in [-0.25, -0.2) is 5.43 Å². The second-order valence-electron chi connectivity index (χ2n) is 3.44. The highest BCUT2D eigenvalue weighted by Gasteiger charge is 2.23. The molecule has 1 atom stereocenters. The van der Waals surface area contributed by atoms with Gasteiger partial charge in [-0.05, 0) is 12.1 Å². The summed E-state index contributed by atoms with van der Waals surface area (Å²) in [6.07, 6.45) is 0.432. The first-order chi connectivity index (χ1) is 7.58. The number of hydrazone groups is 1. The Hall–Kier alpha value is -0.820. The van der Waals surface area contributed by atoms with Crippen molar-refractivity contribution in [3.05, 3.63) is 28.8 Å². The van der Waals surface area contributed by atoms with E-state index in [-0.39, 0.29) is 9.83 Å². The van der Waals surface area contributed by atoms with Crippen LogP contribution in [0.15, 0.2) is 23.3 Å². The zero-order valence-electron chi connectivity index (χ0n) is 8.21. The van der Waals surface area contributed by atoms with E-state index in [1.54, 1.807) is 12.1 Å². The fraction of sp³-hybridized carbons (Fsp3) is 0.200. The molecular weight excluding hydrogens is 340 g/mol. The zero-order valence-corrected chi connectivity index (χ0v) is 11.1. The third kappa shape index (κ3) is 2.30. The second-order valence-corrected chi connectivity index (χ2v) is 5.35. The summed E-state index contributed by atoms with van der Waals surface area (Å²) in [6.45, 7) is 0. The number of nitrogen functional groups attached to an aromatic ring is 1. The minimum absolute atomic E-state index is 0.0611. The molecule has 84 valence electrons. The van der Waals surface area contributed by atoms with Crippen LogP contribution in [0.25, 0.3) is 0 Å². The van der Waals surface area contributed by atoms with Crippen LogP contribution in [0.4, 0.5) is 5.69 Å². The highest BCUT2D eigenvalue weighted by molar-refractivity contribution is 14.1.